The number of rotatable bonds is 2. The SMILES string of the molecule is N#Cc1ccc(C[NH-])cc1.O=C(O)[C@@H]1CCCN1. The number of carboxylic acids is 1. The van der Waals surface area contributed by atoms with E-state index in [1.807, 2.05) is 6.07 Å². The maximum Gasteiger partial charge on any atom is 0.320 e. The highest BCUT2D eigenvalue weighted by molar-refractivity contribution is 5.73. The molecule has 0 unspecified atom stereocenters. The summed E-state index contributed by atoms with van der Waals surface area (Å²) in [6.07, 6.45) is 1.78. The maximum absolute atomic E-state index is 10.1. The van der Waals surface area contributed by atoms with Gasteiger partial charge in [0.05, 0.1) is 11.6 Å². The molecule has 0 radical (unpaired) electrons. The predicted octanol–water partition coefficient (Wildman–Crippen LogP) is 1.93. The zero-order chi connectivity index (χ0) is 13.4. The molecular formula is C13H16N3O2-. The first-order chi connectivity index (χ1) is 8.67. The van der Waals surface area contributed by atoms with Crippen molar-refractivity contribution in [1.82, 2.24) is 5.32 Å². The van der Waals surface area contributed by atoms with Crippen LogP contribution in [0.15, 0.2) is 24.3 Å². The lowest BCUT2D eigenvalue weighted by Gasteiger charge is -1.99. The lowest BCUT2D eigenvalue weighted by Crippen LogP contribution is -2.29. The maximum atomic E-state index is 10.1. The van der Waals surface area contributed by atoms with E-state index in [9.17, 15) is 4.79 Å². The van der Waals surface area contributed by atoms with Crippen molar-refractivity contribution in [2.45, 2.75) is 25.4 Å². The Morgan fingerprint density at radius 3 is 2.50 bits per heavy atom. The van der Waals surface area contributed by atoms with Crippen LogP contribution in [0.3, 0.4) is 0 Å². The van der Waals surface area contributed by atoms with E-state index in [4.69, 9.17) is 16.1 Å². The van der Waals surface area contributed by atoms with E-state index in [2.05, 4.69) is 5.32 Å². The minimum absolute atomic E-state index is 0.269. The summed E-state index contributed by atoms with van der Waals surface area (Å²) in [5.41, 5.74) is 8.58. The van der Waals surface area contributed by atoms with Gasteiger partial charge in [0, 0.05) is 0 Å². The molecule has 0 aliphatic carbocycles. The van der Waals surface area contributed by atoms with Gasteiger partial charge in [-0.25, -0.2) is 0 Å². The second-order valence-corrected chi connectivity index (χ2v) is 3.97. The number of nitrogens with one attached hydrogen (secondary N) is 2. The number of aliphatic carboxylic acids is 1. The minimum atomic E-state index is -0.720. The fourth-order valence-corrected chi connectivity index (χ4v) is 1.59. The molecular weight excluding hydrogens is 230 g/mol. The fourth-order valence-electron chi connectivity index (χ4n) is 1.59. The van der Waals surface area contributed by atoms with Gasteiger partial charge in [0.15, 0.2) is 0 Å². The van der Waals surface area contributed by atoms with Gasteiger partial charge in [-0.1, -0.05) is 17.7 Å². The zero-order valence-electron chi connectivity index (χ0n) is 10.0. The molecule has 0 bridgehead atoms. The van der Waals surface area contributed by atoms with Crippen LogP contribution in [-0.4, -0.2) is 23.7 Å². The Labute approximate surface area is 106 Å². The summed E-state index contributed by atoms with van der Waals surface area (Å²) in [7, 11) is 0. The monoisotopic (exact) mass is 246 g/mol. The van der Waals surface area contributed by atoms with Crippen molar-refractivity contribution in [3.63, 3.8) is 0 Å². The van der Waals surface area contributed by atoms with Crippen LogP contribution in [0.1, 0.15) is 24.0 Å². The summed E-state index contributed by atoms with van der Waals surface area (Å²) < 4.78 is 0. The van der Waals surface area contributed by atoms with Crippen molar-refractivity contribution in [2.75, 3.05) is 6.54 Å². The normalized spacial score (nSPS) is 17.4. The van der Waals surface area contributed by atoms with E-state index >= 15 is 0 Å². The van der Waals surface area contributed by atoms with Crippen molar-refractivity contribution in [1.29, 1.82) is 5.26 Å². The Bertz CT molecular complexity index is 417. The van der Waals surface area contributed by atoms with Gasteiger partial charge in [0.25, 0.3) is 0 Å². The highest BCUT2D eigenvalue weighted by Crippen LogP contribution is 2.04. The Morgan fingerprint density at radius 2 is 2.17 bits per heavy atom. The van der Waals surface area contributed by atoms with Gasteiger partial charge in [-0.3, -0.25) is 4.79 Å². The Balaban J connectivity index is 0.000000184. The summed E-state index contributed by atoms with van der Waals surface area (Å²) in [4.78, 5) is 10.1. The molecule has 1 heterocycles. The van der Waals surface area contributed by atoms with Gasteiger partial charge >= 0.3 is 5.97 Å². The number of carboxylic acid groups (broad SMARTS) is 1. The molecule has 2 rings (SSSR count). The molecule has 0 amide bonds. The van der Waals surface area contributed by atoms with E-state index in [1.165, 1.54) is 0 Å². The molecule has 0 aromatic heterocycles. The summed E-state index contributed by atoms with van der Waals surface area (Å²) in [6.45, 7) is 1.14. The molecule has 1 aliphatic heterocycles. The van der Waals surface area contributed by atoms with Gasteiger partial charge < -0.3 is 16.2 Å². The highest BCUT2D eigenvalue weighted by Gasteiger charge is 2.20. The van der Waals surface area contributed by atoms with Crippen molar-refractivity contribution < 1.29 is 9.90 Å². The van der Waals surface area contributed by atoms with Crippen LogP contribution in [0, 0.1) is 11.3 Å². The first-order valence-corrected chi connectivity index (χ1v) is 5.77. The van der Waals surface area contributed by atoms with Crippen molar-refractivity contribution in [2.24, 2.45) is 0 Å². The molecule has 5 heteroatoms. The first kappa shape index (κ1) is 14.2. The van der Waals surface area contributed by atoms with E-state index in [-0.39, 0.29) is 12.6 Å². The molecule has 1 atom stereocenters. The number of nitrogens with zero attached hydrogens (tertiary/aromatic N) is 1. The minimum Gasteiger partial charge on any atom is -0.674 e. The molecule has 1 aliphatic rings. The third-order valence-electron chi connectivity index (χ3n) is 2.65. The Morgan fingerprint density at radius 1 is 1.50 bits per heavy atom. The van der Waals surface area contributed by atoms with Crippen LogP contribution in [-0.2, 0) is 11.3 Å². The smallest absolute Gasteiger partial charge is 0.320 e. The third kappa shape index (κ3) is 4.53. The summed E-state index contributed by atoms with van der Waals surface area (Å²) in [5.74, 6) is -0.720. The van der Waals surface area contributed by atoms with E-state index in [1.54, 1.807) is 24.3 Å². The largest absolute Gasteiger partial charge is 0.674 e. The van der Waals surface area contributed by atoms with Crippen LogP contribution in [0.5, 0.6) is 0 Å². The number of hydrogen-bond acceptors (Lipinski definition) is 3. The molecule has 1 aromatic carbocycles. The van der Waals surface area contributed by atoms with Crippen molar-refractivity contribution in [3.05, 3.63) is 41.1 Å². The first-order valence-electron chi connectivity index (χ1n) is 5.77. The van der Waals surface area contributed by atoms with E-state index in [0.717, 1.165) is 24.9 Å². The average molecular weight is 246 g/mol. The average Bonchev–Trinajstić information content (AvgIpc) is 2.94. The van der Waals surface area contributed by atoms with Crippen LogP contribution in [0.2, 0.25) is 0 Å². The Kier molecular flexibility index (Phi) is 5.85. The molecule has 96 valence electrons. The fraction of sp³-hybridized carbons (Fsp3) is 0.385. The molecule has 18 heavy (non-hydrogen) atoms. The summed E-state index contributed by atoms with van der Waals surface area (Å²) in [6, 6.07) is 8.79. The topological polar surface area (TPSA) is 96.9 Å². The second kappa shape index (κ2) is 7.43. The van der Waals surface area contributed by atoms with Gasteiger partial charge in [-0.15, -0.1) is 6.54 Å². The molecule has 1 fully saturated rings. The Hall–Kier alpha value is -1.90. The van der Waals surface area contributed by atoms with Crippen LogP contribution in [0.25, 0.3) is 5.73 Å². The lowest BCUT2D eigenvalue weighted by molar-refractivity contribution is -0.139. The van der Waals surface area contributed by atoms with E-state index in [0.29, 0.717) is 5.56 Å². The molecule has 5 nitrogen and oxygen atoms in total. The van der Waals surface area contributed by atoms with Crippen LogP contribution < -0.4 is 5.32 Å². The quantitative estimate of drug-likeness (QED) is 0.833. The molecule has 3 N–H and O–H groups in total. The third-order valence-corrected chi connectivity index (χ3v) is 2.65. The molecule has 1 aromatic rings. The van der Waals surface area contributed by atoms with Crippen molar-refractivity contribution >= 4 is 5.97 Å². The van der Waals surface area contributed by atoms with Gasteiger partial charge in [-0.05, 0) is 31.5 Å². The molecule has 0 saturated carbocycles. The number of carbonyl (C=O) groups is 1. The predicted molar refractivity (Wildman–Crippen MR) is 67.8 cm³/mol. The number of nitriles is 1. The van der Waals surface area contributed by atoms with Crippen LogP contribution in [0.4, 0.5) is 0 Å². The van der Waals surface area contributed by atoms with Gasteiger partial charge in [0.1, 0.15) is 6.04 Å². The van der Waals surface area contributed by atoms with Gasteiger partial charge in [0.2, 0.25) is 0 Å². The highest BCUT2D eigenvalue weighted by atomic mass is 16.4. The van der Waals surface area contributed by atoms with Crippen LogP contribution >= 0.6 is 0 Å². The number of hydrogen-bond donors (Lipinski definition) is 2. The number of benzene rings is 1. The lowest BCUT2D eigenvalue weighted by atomic mass is 10.1. The molecule has 1 saturated heterocycles. The van der Waals surface area contributed by atoms with E-state index < -0.39 is 5.97 Å². The molecule has 0 spiro atoms. The summed E-state index contributed by atoms with van der Waals surface area (Å²) >= 11 is 0. The van der Waals surface area contributed by atoms with Gasteiger partial charge in [-0.2, -0.15) is 5.26 Å². The summed E-state index contributed by atoms with van der Waals surface area (Å²) in [5, 5.41) is 19.6. The van der Waals surface area contributed by atoms with Crippen molar-refractivity contribution in [3.8, 4) is 6.07 Å². The standard InChI is InChI=1S/C8H7N2.C5H9NO2/c9-5-7-1-2-8(6-10)4-3-7;7-5(8)4-2-1-3-6-4/h1-4,9H,5H2;4,6H,1-3H2,(H,7,8)/q-1;/t;4-/m.0/s1. The second-order valence-electron chi connectivity index (χ2n) is 3.97. The zero-order valence-corrected chi connectivity index (χ0v) is 10.0.